The molecule has 3 atom stereocenters. The second-order valence-corrected chi connectivity index (χ2v) is 6.09. The van der Waals surface area contributed by atoms with Gasteiger partial charge >= 0.3 is 5.69 Å². The topological polar surface area (TPSA) is 101 Å². The van der Waals surface area contributed by atoms with Crippen LogP contribution in [0.4, 0.5) is 0 Å². The van der Waals surface area contributed by atoms with Gasteiger partial charge in [-0.05, 0) is 6.92 Å². The molecule has 0 bridgehead atoms. The molecule has 0 aliphatic carbocycles. The fourth-order valence-electron chi connectivity index (χ4n) is 2.17. The minimum absolute atomic E-state index is 0.0669. The van der Waals surface area contributed by atoms with Gasteiger partial charge in [0.15, 0.2) is 5.12 Å². The third-order valence-electron chi connectivity index (χ3n) is 3.13. The maximum atomic E-state index is 11.8. The smallest absolute Gasteiger partial charge is 0.330 e. The monoisotopic (exact) mass is 300 g/mol. The number of nitrogens with one attached hydrogen (secondary N) is 1. The lowest BCUT2D eigenvalue weighted by atomic mass is 10.2. The molecule has 1 saturated heterocycles. The molecule has 0 aromatic carbocycles. The number of aryl methyl sites for hydroxylation is 1. The Morgan fingerprint density at radius 2 is 2.30 bits per heavy atom. The molecule has 0 unspecified atom stereocenters. The van der Waals surface area contributed by atoms with Crippen LogP contribution in [0.3, 0.4) is 0 Å². The van der Waals surface area contributed by atoms with Crippen molar-refractivity contribution >= 4 is 16.9 Å². The lowest BCUT2D eigenvalue weighted by molar-refractivity contribution is -0.109. The number of rotatable bonds is 3. The average Bonchev–Trinajstić information content (AvgIpc) is 2.75. The molecule has 2 rings (SSSR count). The number of ether oxygens (including phenoxy) is 1. The van der Waals surface area contributed by atoms with Crippen molar-refractivity contribution in [3.63, 3.8) is 0 Å². The first-order chi connectivity index (χ1) is 9.42. The number of thioether (sulfide) groups is 1. The molecule has 0 spiro atoms. The van der Waals surface area contributed by atoms with E-state index in [1.807, 2.05) is 0 Å². The number of hydrogen-bond acceptors (Lipinski definition) is 6. The standard InChI is InChI=1S/C12H16N2O5S/c1-6-4-14(12(18)13-11(6)17)10-3-9(20-7(2)16)8(5-15)19-10/h4,8-10,15H,3,5H2,1-2H3,(H,13,17,18)/t8-,9+,10-/m1/s1. The number of aromatic nitrogens is 2. The predicted octanol–water partition coefficient (Wildman–Crippen LogP) is -0.227. The van der Waals surface area contributed by atoms with Crippen molar-refractivity contribution in [3.05, 3.63) is 32.6 Å². The van der Waals surface area contributed by atoms with Gasteiger partial charge < -0.3 is 9.84 Å². The molecular formula is C12H16N2O5S. The zero-order chi connectivity index (χ0) is 14.9. The number of H-pyrrole nitrogens is 1. The molecule has 110 valence electrons. The summed E-state index contributed by atoms with van der Waals surface area (Å²) >= 11 is 1.10. The van der Waals surface area contributed by atoms with Crippen molar-refractivity contribution in [3.8, 4) is 0 Å². The Labute approximate surface area is 119 Å². The molecule has 0 amide bonds. The third-order valence-corrected chi connectivity index (χ3v) is 4.26. The largest absolute Gasteiger partial charge is 0.394 e. The summed E-state index contributed by atoms with van der Waals surface area (Å²) in [7, 11) is 0. The quantitative estimate of drug-likeness (QED) is 0.800. The summed E-state index contributed by atoms with van der Waals surface area (Å²) in [5.41, 5.74) is -0.593. The SMILES string of the molecule is CC(=O)S[C@H]1C[C@H](n2cc(C)c(=O)[nH]c2=O)O[C@@H]1CO. The van der Waals surface area contributed by atoms with Crippen molar-refractivity contribution in [1.82, 2.24) is 9.55 Å². The summed E-state index contributed by atoms with van der Waals surface area (Å²) in [4.78, 5) is 36.5. The molecule has 2 N–H and O–H groups in total. The van der Waals surface area contributed by atoms with E-state index in [2.05, 4.69) is 4.98 Å². The van der Waals surface area contributed by atoms with Crippen LogP contribution in [0.2, 0.25) is 0 Å². The van der Waals surface area contributed by atoms with Crippen molar-refractivity contribution in [2.45, 2.75) is 37.9 Å². The summed E-state index contributed by atoms with van der Waals surface area (Å²) in [6.45, 7) is 2.82. The van der Waals surface area contributed by atoms with Crippen LogP contribution in [0.25, 0.3) is 0 Å². The molecule has 0 radical (unpaired) electrons. The normalized spacial score (nSPS) is 25.9. The van der Waals surface area contributed by atoms with Crippen molar-refractivity contribution in [1.29, 1.82) is 0 Å². The maximum absolute atomic E-state index is 11.8. The van der Waals surface area contributed by atoms with Gasteiger partial charge in [0.2, 0.25) is 0 Å². The molecule has 1 aromatic heterocycles. The van der Waals surface area contributed by atoms with Crippen LogP contribution in [-0.2, 0) is 9.53 Å². The number of carbonyl (C=O) groups is 1. The van der Waals surface area contributed by atoms with Gasteiger partial charge in [-0.3, -0.25) is 19.1 Å². The van der Waals surface area contributed by atoms with Crippen LogP contribution in [-0.4, -0.2) is 37.7 Å². The average molecular weight is 300 g/mol. The van der Waals surface area contributed by atoms with Gasteiger partial charge in [0.1, 0.15) is 6.23 Å². The molecule has 2 heterocycles. The molecule has 1 aromatic rings. The Hall–Kier alpha value is -1.38. The van der Waals surface area contributed by atoms with Crippen molar-refractivity contribution in [2.24, 2.45) is 0 Å². The summed E-state index contributed by atoms with van der Waals surface area (Å²) < 4.78 is 6.90. The maximum Gasteiger partial charge on any atom is 0.330 e. The summed E-state index contributed by atoms with van der Waals surface area (Å²) in [5.74, 6) is 0. The molecule has 1 aliphatic heterocycles. The molecule has 20 heavy (non-hydrogen) atoms. The molecular weight excluding hydrogens is 284 g/mol. The highest BCUT2D eigenvalue weighted by Gasteiger charge is 2.37. The van der Waals surface area contributed by atoms with Crippen LogP contribution < -0.4 is 11.2 Å². The first-order valence-corrected chi connectivity index (χ1v) is 7.06. The molecule has 8 heteroatoms. The van der Waals surface area contributed by atoms with Gasteiger partial charge in [-0.25, -0.2) is 4.79 Å². The molecule has 1 fully saturated rings. The van der Waals surface area contributed by atoms with Gasteiger partial charge in [-0.1, -0.05) is 11.8 Å². The Balaban J connectivity index is 2.27. The Kier molecular flexibility index (Phi) is 4.46. The van der Waals surface area contributed by atoms with Crippen LogP contribution in [0.15, 0.2) is 15.8 Å². The zero-order valence-corrected chi connectivity index (χ0v) is 12.0. The first-order valence-electron chi connectivity index (χ1n) is 6.18. The van der Waals surface area contributed by atoms with E-state index in [1.54, 1.807) is 6.92 Å². The van der Waals surface area contributed by atoms with Crippen LogP contribution >= 0.6 is 11.8 Å². The lowest BCUT2D eigenvalue weighted by Gasteiger charge is -2.15. The minimum Gasteiger partial charge on any atom is -0.394 e. The second kappa shape index (κ2) is 5.94. The van der Waals surface area contributed by atoms with Crippen molar-refractivity contribution < 1.29 is 14.6 Å². The van der Waals surface area contributed by atoms with Gasteiger partial charge in [-0.15, -0.1) is 0 Å². The fourth-order valence-corrected chi connectivity index (χ4v) is 3.16. The number of nitrogens with zero attached hydrogens (tertiary/aromatic N) is 1. The second-order valence-electron chi connectivity index (χ2n) is 4.67. The summed E-state index contributed by atoms with van der Waals surface area (Å²) in [5, 5.41) is 9.01. The predicted molar refractivity (Wildman–Crippen MR) is 73.7 cm³/mol. The molecule has 0 saturated carbocycles. The highest BCUT2D eigenvalue weighted by molar-refractivity contribution is 8.14. The zero-order valence-electron chi connectivity index (χ0n) is 11.2. The lowest BCUT2D eigenvalue weighted by Crippen LogP contribution is -2.33. The molecule has 7 nitrogen and oxygen atoms in total. The van der Waals surface area contributed by atoms with E-state index in [0.717, 1.165) is 11.8 Å². The summed E-state index contributed by atoms with van der Waals surface area (Å²) in [6.07, 6.45) is 0.752. The fraction of sp³-hybridized carbons (Fsp3) is 0.583. The van der Waals surface area contributed by atoms with Crippen LogP contribution in [0.5, 0.6) is 0 Å². The Morgan fingerprint density at radius 3 is 2.90 bits per heavy atom. The Bertz CT molecular complexity index is 623. The van der Waals surface area contributed by atoms with E-state index in [1.165, 1.54) is 17.7 Å². The molecule has 1 aliphatic rings. The van der Waals surface area contributed by atoms with Gasteiger partial charge in [-0.2, -0.15) is 0 Å². The van der Waals surface area contributed by atoms with Crippen LogP contribution in [0.1, 0.15) is 25.1 Å². The number of aromatic amines is 1. The van der Waals surface area contributed by atoms with E-state index in [0.29, 0.717) is 12.0 Å². The van der Waals surface area contributed by atoms with E-state index in [-0.39, 0.29) is 17.0 Å². The van der Waals surface area contributed by atoms with Crippen LogP contribution in [0, 0.1) is 6.92 Å². The number of aliphatic hydroxyl groups excluding tert-OH is 1. The first kappa shape index (κ1) is 15.0. The van der Waals surface area contributed by atoms with E-state index in [4.69, 9.17) is 4.74 Å². The Morgan fingerprint density at radius 1 is 1.60 bits per heavy atom. The highest BCUT2D eigenvalue weighted by Crippen LogP contribution is 2.35. The minimum atomic E-state index is -0.591. The van der Waals surface area contributed by atoms with E-state index < -0.39 is 23.6 Å². The number of aliphatic hydroxyl groups is 1. The third kappa shape index (κ3) is 3.02. The van der Waals surface area contributed by atoms with Gasteiger partial charge in [0, 0.05) is 30.4 Å². The van der Waals surface area contributed by atoms with Gasteiger partial charge in [0.25, 0.3) is 5.56 Å². The van der Waals surface area contributed by atoms with E-state index >= 15 is 0 Å². The van der Waals surface area contributed by atoms with Crippen molar-refractivity contribution in [2.75, 3.05) is 6.61 Å². The number of hydrogen-bond donors (Lipinski definition) is 2. The van der Waals surface area contributed by atoms with Gasteiger partial charge in [0.05, 0.1) is 12.7 Å². The number of carbonyl (C=O) groups excluding carboxylic acids is 1. The van der Waals surface area contributed by atoms with E-state index in [9.17, 15) is 19.5 Å². The highest BCUT2D eigenvalue weighted by atomic mass is 32.2. The summed E-state index contributed by atoms with van der Waals surface area (Å²) in [6, 6.07) is 0.